The van der Waals surface area contributed by atoms with Crippen molar-refractivity contribution >= 4 is 0 Å². The number of rotatable bonds is 4. The van der Waals surface area contributed by atoms with Crippen molar-refractivity contribution in [3.63, 3.8) is 0 Å². The van der Waals surface area contributed by atoms with Crippen molar-refractivity contribution in [2.24, 2.45) is 7.05 Å². The number of likely N-dealkylation sites (N-methyl/N-ethyl adjacent to an activating group) is 1. The first-order chi connectivity index (χ1) is 7.68. The van der Waals surface area contributed by atoms with Crippen molar-refractivity contribution < 1.29 is 0 Å². The normalized spacial score (nSPS) is 22.9. The van der Waals surface area contributed by atoms with Gasteiger partial charge in [-0.25, -0.2) is 0 Å². The van der Waals surface area contributed by atoms with E-state index in [0.717, 1.165) is 6.54 Å². The zero-order chi connectivity index (χ0) is 11.5. The molecule has 0 amide bonds. The van der Waals surface area contributed by atoms with Crippen LogP contribution in [-0.2, 0) is 7.05 Å². The van der Waals surface area contributed by atoms with Gasteiger partial charge < -0.3 is 5.32 Å². The molecule has 0 radical (unpaired) electrons. The van der Waals surface area contributed by atoms with Gasteiger partial charge >= 0.3 is 0 Å². The molecule has 2 heterocycles. The largest absolute Gasteiger partial charge is 0.313 e. The summed E-state index contributed by atoms with van der Waals surface area (Å²) in [6.07, 6.45) is 4.49. The van der Waals surface area contributed by atoms with Gasteiger partial charge in [0.15, 0.2) is 0 Å². The van der Waals surface area contributed by atoms with Crippen molar-refractivity contribution in [2.75, 3.05) is 20.1 Å². The van der Waals surface area contributed by atoms with Crippen molar-refractivity contribution in [3.8, 4) is 0 Å². The van der Waals surface area contributed by atoms with E-state index < -0.39 is 0 Å². The predicted octanol–water partition coefficient (Wildman–Crippen LogP) is 1.16. The molecule has 4 nitrogen and oxygen atoms in total. The van der Waals surface area contributed by atoms with Crippen LogP contribution in [0.3, 0.4) is 0 Å². The van der Waals surface area contributed by atoms with Gasteiger partial charge in [0.05, 0.1) is 5.69 Å². The second kappa shape index (κ2) is 4.97. The second-order valence-electron chi connectivity index (χ2n) is 4.79. The molecule has 1 fully saturated rings. The molecule has 2 unspecified atom stereocenters. The van der Waals surface area contributed by atoms with Gasteiger partial charge in [-0.3, -0.25) is 9.58 Å². The van der Waals surface area contributed by atoms with Crippen molar-refractivity contribution in [1.82, 2.24) is 20.0 Å². The fourth-order valence-corrected chi connectivity index (χ4v) is 2.44. The van der Waals surface area contributed by atoms with E-state index in [1.54, 1.807) is 0 Å². The molecule has 1 N–H and O–H groups in total. The Morgan fingerprint density at radius 1 is 1.69 bits per heavy atom. The lowest BCUT2D eigenvalue weighted by Crippen LogP contribution is -2.37. The lowest BCUT2D eigenvalue weighted by atomic mass is 10.1. The monoisotopic (exact) mass is 222 g/mol. The number of aromatic nitrogens is 2. The number of nitrogens with zero attached hydrogens (tertiary/aromatic N) is 3. The fourth-order valence-electron chi connectivity index (χ4n) is 2.44. The third-order valence-corrected chi connectivity index (χ3v) is 3.62. The summed E-state index contributed by atoms with van der Waals surface area (Å²) in [4.78, 5) is 2.40. The summed E-state index contributed by atoms with van der Waals surface area (Å²) >= 11 is 0. The van der Waals surface area contributed by atoms with Gasteiger partial charge in [-0.15, -0.1) is 0 Å². The summed E-state index contributed by atoms with van der Waals surface area (Å²) < 4.78 is 1.96. The number of aryl methyl sites for hydroxylation is 1. The van der Waals surface area contributed by atoms with Gasteiger partial charge in [-0.1, -0.05) is 0 Å². The van der Waals surface area contributed by atoms with Crippen LogP contribution in [0.2, 0.25) is 0 Å². The van der Waals surface area contributed by atoms with Crippen molar-refractivity contribution in [3.05, 3.63) is 18.0 Å². The van der Waals surface area contributed by atoms with E-state index in [1.807, 2.05) is 17.9 Å². The molecule has 0 spiro atoms. The summed E-state index contributed by atoms with van der Waals surface area (Å²) in [5.74, 6) is 0. The Hall–Kier alpha value is -0.870. The quantitative estimate of drug-likeness (QED) is 0.830. The van der Waals surface area contributed by atoms with Crippen LogP contribution in [0.4, 0.5) is 0 Å². The average molecular weight is 222 g/mol. The zero-order valence-corrected chi connectivity index (χ0v) is 10.5. The first kappa shape index (κ1) is 11.6. The SMILES string of the molecule is CC(c1ccnn1C)N(C)CC1CCCN1. The van der Waals surface area contributed by atoms with Crippen LogP contribution in [0.5, 0.6) is 0 Å². The van der Waals surface area contributed by atoms with Crippen molar-refractivity contribution in [1.29, 1.82) is 0 Å². The predicted molar refractivity (Wildman–Crippen MR) is 65.3 cm³/mol. The van der Waals surface area contributed by atoms with E-state index >= 15 is 0 Å². The Labute approximate surface area is 97.6 Å². The highest BCUT2D eigenvalue weighted by molar-refractivity contribution is 5.05. The van der Waals surface area contributed by atoms with Crippen LogP contribution < -0.4 is 5.32 Å². The maximum atomic E-state index is 4.23. The molecule has 1 aromatic rings. The molecule has 1 saturated heterocycles. The molecule has 2 rings (SSSR count). The Bertz CT molecular complexity index is 328. The number of nitrogens with one attached hydrogen (secondary N) is 1. The van der Waals surface area contributed by atoms with Gasteiger partial charge in [0, 0.05) is 31.9 Å². The summed E-state index contributed by atoms with van der Waals surface area (Å²) in [5, 5.41) is 7.76. The highest BCUT2D eigenvalue weighted by atomic mass is 15.3. The van der Waals surface area contributed by atoms with Crippen LogP contribution in [-0.4, -0.2) is 40.9 Å². The molecule has 0 aromatic carbocycles. The van der Waals surface area contributed by atoms with Gasteiger partial charge in [0.2, 0.25) is 0 Å². The van der Waals surface area contributed by atoms with E-state index in [2.05, 4.69) is 35.4 Å². The van der Waals surface area contributed by atoms with Crippen LogP contribution in [0.1, 0.15) is 31.5 Å². The minimum atomic E-state index is 0.426. The van der Waals surface area contributed by atoms with Gasteiger partial charge in [-0.05, 0) is 39.4 Å². The molecule has 1 aliphatic heterocycles. The lowest BCUT2D eigenvalue weighted by molar-refractivity contribution is 0.230. The lowest BCUT2D eigenvalue weighted by Gasteiger charge is -2.27. The minimum absolute atomic E-state index is 0.426. The highest BCUT2D eigenvalue weighted by Crippen LogP contribution is 2.19. The van der Waals surface area contributed by atoms with Crippen LogP contribution >= 0.6 is 0 Å². The van der Waals surface area contributed by atoms with E-state index in [4.69, 9.17) is 0 Å². The molecule has 2 atom stereocenters. The zero-order valence-electron chi connectivity index (χ0n) is 10.5. The number of hydrogen-bond acceptors (Lipinski definition) is 3. The molecule has 4 heteroatoms. The van der Waals surface area contributed by atoms with Gasteiger partial charge in [-0.2, -0.15) is 5.10 Å². The molecule has 1 aromatic heterocycles. The highest BCUT2D eigenvalue weighted by Gasteiger charge is 2.20. The maximum Gasteiger partial charge on any atom is 0.0549 e. The first-order valence-electron chi connectivity index (χ1n) is 6.10. The molecule has 0 aliphatic carbocycles. The minimum Gasteiger partial charge on any atom is -0.313 e. The van der Waals surface area contributed by atoms with Crippen LogP contribution in [0.25, 0.3) is 0 Å². The van der Waals surface area contributed by atoms with E-state index in [1.165, 1.54) is 25.1 Å². The second-order valence-corrected chi connectivity index (χ2v) is 4.79. The Morgan fingerprint density at radius 3 is 3.06 bits per heavy atom. The fraction of sp³-hybridized carbons (Fsp3) is 0.750. The summed E-state index contributed by atoms with van der Waals surface area (Å²) in [6.45, 7) is 4.54. The Kier molecular flexibility index (Phi) is 3.61. The smallest absolute Gasteiger partial charge is 0.0549 e. The van der Waals surface area contributed by atoms with E-state index in [9.17, 15) is 0 Å². The molecule has 90 valence electrons. The third-order valence-electron chi connectivity index (χ3n) is 3.62. The summed E-state index contributed by atoms with van der Waals surface area (Å²) in [5.41, 5.74) is 1.28. The standard InChI is InChI=1S/C12H22N4/c1-10(12-6-8-14-16(12)3)15(2)9-11-5-4-7-13-11/h6,8,10-11,13H,4-5,7,9H2,1-3H3. The van der Waals surface area contributed by atoms with E-state index in [-0.39, 0.29) is 0 Å². The molecule has 0 bridgehead atoms. The van der Waals surface area contributed by atoms with Crippen molar-refractivity contribution in [2.45, 2.75) is 31.8 Å². The molecular formula is C12H22N4. The molecule has 1 aliphatic rings. The van der Waals surface area contributed by atoms with Gasteiger partial charge in [0.1, 0.15) is 0 Å². The van der Waals surface area contributed by atoms with E-state index in [0.29, 0.717) is 12.1 Å². The Morgan fingerprint density at radius 2 is 2.50 bits per heavy atom. The molecule has 0 saturated carbocycles. The van der Waals surface area contributed by atoms with Crippen LogP contribution in [0.15, 0.2) is 12.3 Å². The summed E-state index contributed by atoms with van der Waals surface area (Å²) in [6, 6.07) is 3.19. The molecular weight excluding hydrogens is 200 g/mol. The molecule has 16 heavy (non-hydrogen) atoms. The third kappa shape index (κ3) is 2.44. The topological polar surface area (TPSA) is 33.1 Å². The number of hydrogen-bond donors (Lipinski definition) is 1. The maximum absolute atomic E-state index is 4.23. The Balaban J connectivity index is 1.93. The van der Waals surface area contributed by atoms with Gasteiger partial charge in [0.25, 0.3) is 0 Å². The average Bonchev–Trinajstić information content (AvgIpc) is 2.88. The first-order valence-corrected chi connectivity index (χ1v) is 6.10. The van der Waals surface area contributed by atoms with Crippen LogP contribution in [0, 0.1) is 0 Å². The summed E-state index contributed by atoms with van der Waals surface area (Å²) in [7, 11) is 4.20.